The number of hydrogen-bond donors (Lipinski definition) is 1. The molecule has 3 aromatic carbocycles. The normalized spacial score (nSPS) is 12.1. The minimum Gasteiger partial charge on any atom is -0.357 e. The number of sulfonamides is 1. The zero-order valence-corrected chi connectivity index (χ0v) is 25.0. The molecule has 1 unspecified atom stereocenters. The number of halogens is 2. The van der Waals surface area contributed by atoms with Gasteiger partial charge in [-0.05, 0) is 74.2 Å². The van der Waals surface area contributed by atoms with E-state index in [4.69, 9.17) is 23.2 Å². The summed E-state index contributed by atoms with van der Waals surface area (Å²) in [7, 11) is -2.65. The molecule has 0 aliphatic carbocycles. The van der Waals surface area contributed by atoms with Crippen LogP contribution in [0.4, 0.5) is 5.69 Å². The molecule has 0 bridgehead atoms. The largest absolute Gasteiger partial charge is 0.357 e. The summed E-state index contributed by atoms with van der Waals surface area (Å²) in [5.74, 6) is -0.913. The van der Waals surface area contributed by atoms with Gasteiger partial charge in [-0.1, -0.05) is 66.0 Å². The third kappa shape index (κ3) is 6.93. The first-order chi connectivity index (χ1) is 18.4. The molecule has 0 saturated carbocycles. The maximum Gasteiger partial charge on any atom is 0.264 e. The highest BCUT2D eigenvalue weighted by Crippen LogP contribution is 2.30. The zero-order chi connectivity index (χ0) is 28.9. The van der Waals surface area contributed by atoms with Crippen LogP contribution in [0.3, 0.4) is 0 Å². The lowest BCUT2D eigenvalue weighted by Crippen LogP contribution is -2.51. The van der Waals surface area contributed by atoms with Crippen LogP contribution in [0.5, 0.6) is 0 Å². The summed E-state index contributed by atoms with van der Waals surface area (Å²) in [4.78, 5) is 28.3. The molecule has 0 aliphatic rings. The minimum absolute atomic E-state index is 0.00796. The van der Waals surface area contributed by atoms with E-state index in [1.807, 2.05) is 26.8 Å². The van der Waals surface area contributed by atoms with Crippen LogP contribution in [-0.4, -0.2) is 44.8 Å². The van der Waals surface area contributed by atoms with Crippen molar-refractivity contribution < 1.29 is 18.0 Å². The Morgan fingerprint density at radius 1 is 0.974 bits per heavy atom. The number of rotatable bonds is 10. The second kappa shape index (κ2) is 12.9. The third-order valence-corrected chi connectivity index (χ3v) is 9.08. The molecule has 1 N–H and O–H groups in total. The van der Waals surface area contributed by atoms with Gasteiger partial charge in [0.1, 0.15) is 12.6 Å². The summed E-state index contributed by atoms with van der Waals surface area (Å²) < 4.78 is 29.1. The zero-order valence-electron chi connectivity index (χ0n) is 22.7. The van der Waals surface area contributed by atoms with Crippen molar-refractivity contribution in [1.82, 2.24) is 10.2 Å². The highest BCUT2D eigenvalue weighted by atomic mass is 35.5. The molecule has 2 amide bonds. The van der Waals surface area contributed by atoms with Crippen molar-refractivity contribution in [2.45, 2.75) is 51.6 Å². The molecule has 0 saturated heterocycles. The third-order valence-electron chi connectivity index (χ3n) is 6.72. The summed E-state index contributed by atoms with van der Waals surface area (Å²) in [6.07, 6.45) is 0.310. The van der Waals surface area contributed by atoms with Crippen LogP contribution in [0.2, 0.25) is 10.0 Å². The van der Waals surface area contributed by atoms with Crippen molar-refractivity contribution in [3.8, 4) is 0 Å². The average Bonchev–Trinajstić information content (AvgIpc) is 2.90. The number of aryl methyl sites for hydroxylation is 2. The molecule has 3 aromatic rings. The monoisotopic (exact) mass is 589 g/mol. The summed E-state index contributed by atoms with van der Waals surface area (Å²) >= 11 is 12.5. The van der Waals surface area contributed by atoms with Crippen LogP contribution in [0.25, 0.3) is 0 Å². The lowest BCUT2D eigenvalue weighted by atomic mass is 10.1. The molecule has 208 valence electrons. The average molecular weight is 591 g/mol. The standard InChI is InChI=1S/C29H33Cl2N3O4S/c1-6-26(29(36)32-5)33(17-22-12-13-23(30)16-25(22)31)28(35)18-34(27-9-7-8-20(3)21(27)4)39(37,38)24-14-10-19(2)11-15-24/h7-16,26H,6,17-18H2,1-5H3,(H,32,36). The predicted molar refractivity (Wildman–Crippen MR) is 157 cm³/mol. The molecule has 0 spiro atoms. The molecule has 0 fully saturated rings. The van der Waals surface area contributed by atoms with Crippen LogP contribution >= 0.6 is 23.2 Å². The Balaban J connectivity index is 2.12. The number of anilines is 1. The van der Waals surface area contributed by atoms with Crippen molar-refractivity contribution in [3.63, 3.8) is 0 Å². The quantitative estimate of drug-likeness (QED) is 0.330. The lowest BCUT2D eigenvalue weighted by Gasteiger charge is -2.33. The molecule has 0 aliphatic heterocycles. The van der Waals surface area contributed by atoms with Gasteiger partial charge in [0.2, 0.25) is 11.8 Å². The smallest absolute Gasteiger partial charge is 0.264 e. The molecule has 7 nitrogen and oxygen atoms in total. The van der Waals surface area contributed by atoms with Crippen molar-refractivity contribution in [2.24, 2.45) is 0 Å². The lowest BCUT2D eigenvalue weighted by molar-refractivity contribution is -0.140. The molecular formula is C29H33Cl2N3O4S. The second-order valence-electron chi connectivity index (χ2n) is 9.34. The van der Waals surface area contributed by atoms with E-state index in [2.05, 4.69) is 5.32 Å². The van der Waals surface area contributed by atoms with Gasteiger partial charge in [-0.15, -0.1) is 0 Å². The first kappa shape index (κ1) is 30.5. The van der Waals surface area contributed by atoms with E-state index in [1.54, 1.807) is 49.4 Å². The van der Waals surface area contributed by atoms with E-state index in [0.29, 0.717) is 27.7 Å². The summed E-state index contributed by atoms with van der Waals surface area (Å²) in [6.45, 7) is 6.83. The number of nitrogens with one attached hydrogen (secondary N) is 1. The number of amides is 2. The van der Waals surface area contributed by atoms with Crippen molar-refractivity contribution in [3.05, 3.63) is 93.0 Å². The second-order valence-corrected chi connectivity index (χ2v) is 12.0. The Morgan fingerprint density at radius 3 is 2.23 bits per heavy atom. The molecule has 1 atom stereocenters. The summed E-state index contributed by atoms with van der Waals surface area (Å²) in [5.41, 5.74) is 3.49. The van der Waals surface area contributed by atoms with Gasteiger partial charge in [-0.2, -0.15) is 0 Å². The number of likely N-dealkylation sites (N-methyl/N-ethyl adjacent to an activating group) is 1. The molecule has 39 heavy (non-hydrogen) atoms. The van der Waals surface area contributed by atoms with Crippen molar-refractivity contribution in [1.29, 1.82) is 0 Å². The van der Waals surface area contributed by atoms with Gasteiger partial charge >= 0.3 is 0 Å². The van der Waals surface area contributed by atoms with Gasteiger partial charge in [0.05, 0.1) is 10.6 Å². The van der Waals surface area contributed by atoms with E-state index < -0.39 is 28.5 Å². The maximum absolute atomic E-state index is 14.0. The van der Waals surface area contributed by atoms with E-state index in [1.165, 1.54) is 24.1 Å². The number of benzene rings is 3. The number of nitrogens with zero attached hydrogens (tertiary/aromatic N) is 2. The van der Waals surface area contributed by atoms with Gasteiger partial charge in [0.25, 0.3) is 10.0 Å². The summed E-state index contributed by atoms with van der Waals surface area (Å²) in [6, 6.07) is 15.8. The first-order valence-corrected chi connectivity index (χ1v) is 14.7. The Bertz CT molecular complexity index is 1460. The summed E-state index contributed by atoms with van der Waals surface area (Å²) in [5, 5.41) is 3.38. The first-order valence-electron chi connectivity index (χ1n) is 12.5. The molecule has 10 heteroatoms. The fourth-order valence-electron chi connectivity index (χ4n) is 4.28. The van der Waals surface area contributed by atoms with Crippen molar-refractivity contribution >= 4 is 50.7 Å². The fourth-order valence-corrected chi connectivity index (χ4v) is 6.22. The van der Waals surface area contributed by atoms with Gasteiger partial charge in [0, 0.05) is 23.6 Å². The van der Waals surface area contributed by atoms with E-state index in [-0.39, 0.29) is 17.3 Å². The van der Waals surface area contributed by atoms with E-state index >= 15 is 0 Å². The van der Waals surface area contributed by atoms with Gasteiger partial charge in [0.15, 0.2) is 0 Å². The Hall–Kier alpha value is -3.07. The molecular weight excluding hydrogens is 557 g/mol. The highest BCUT2D eigenvalue weighted by molar-refractivity contribution is 7.92. The van der Waals surface area contributed by atoms with E-state index in [0.717, 1.165) is 21.0 Å². The van der Waals surface area contributed by atoms with Crippen molar-refractivity contribution in [2.75, 3.05) is 17.9 Å². The predicted octanol–water partition coefficient (Wildman–Crippen LogP) is 5.67. The topological polar surface area (TPSA) is 86.8 Å². The SMILES string of the molecule is CCC(C(=O)NC)N(Cc1ccc(Cl)cc1Cl)C(=O)CN(c1cccc(C)c1C)S(=O)(=O)c1ccc(C)cc1. The highest BCUT2D eigenvalue weighted by Gasteiger charge is 2.34. The van der Waals surface area contributed by atoms with Gasteiger partial charge in [-0.3, -0.25) is 13.9 Å². The molecule has 0 heterocycles. The Kier molecular flexibility index (Phi) is 10.0. The van der Waals surface area contributed by atoms with Crippen LogP contribution in [0.15, 0.2) is 65.6 Å². The van der Waals surface area contributed by atoms with Crippen LogP contribution in [0, 0.1) is 20.8 Å². The minimum atomic E-state index is -4.14. The number of carbonyl (C=O) groups excluding carboxylic acids is 2. The van der Waals surface area contributed by atoms with Crippen LogP contribution < -0.4 is 9.62 Å². The van der Waals surface area contributed by atoms with Crippen LogP contribution in [0.1, 0.15) is 35.6 Å². The van der Waals surface area contributed by atoms with Gasteiger partial charge < -0.3 is 10.2 Å². The molecule has 0 radical (unpaired) electrons. The van der Waals surface area contributed by atoms with Gasteiger partial charge in [-0.25, -0.2) is 8.42 Å². The molecule has 0 aromatic heterocycles. The molecule has 3 rings (SSSR count). The number of hydrogen-bond acceptors (Lipinski definition) is 4. The maximum atomic E-state index is 14.0. The fraction of sp³-hybridized carbons (Fsp3) is 0.310. The van der Waals surface area contributed by atoms with Crippen LogP contribution in [-0.2, 0) is 26.2 Å². The van der Waals surface area contributed by atoms with E-state index in [9.17, 15) is 18.0 Å². The number of carbonyl (C=O) groups is 2. The Labute approximate surface area is 240 Å². The Morgan fingerprint density at radius 2 is 1.64 bits per heavy atom.